The Kier molecular flexibility index (Phi) is 8.31. The van der Waals surface area contributed by atoms with Crippen molar-refractivity contribution < 1.29 is 19.4 Å². The van der Waals surface area contributed by atoms with Gasteiger partial charge in [0.1, 0.15) is 0 Å². The molecule has 2 N–H and O–H groups in total. The molecule has 0 spiro atoms. The topological polar surface area (TPSA) is 71.0 Å². The fraction of sp³-hybridized carbons (Fsp3) is 0.800. The minimum Gasteiger partial charge on any atom is -0.390 e. The number of ether oxygens (including phenoxy) is 2. The maximum absolute atomic E-state index is 12.0. The van der Waals surface area contributed by atoms with E-state index in [9.17, 15) is 9.90 Å². The third-order valence-electron chi connectivity index (χ3n) is 3.53. The molecular weight excluding hydrogens is 272 g/mol. The zero-order chi connectivity index (χ0) is 15.7. The van der Waals surface area contributed by atoms with Gasteiger partial charge in [0.05, 0.1) is 25.4 Å². The van der Waals surface area contributed by atoms with Crippen LogP contribution in [0.5, 0.6) is 0 Å². The van der Waals surface area contributed by atoms with Crippen molar-refractivity contribution in [1.29, 1.82) is 0 Å². The Morgan fingerprint density at radius 3 is 3.00 bits per heavy atom. The Hall–Kier alpha value is -1.13. The second-order valence-electron chi connectivity index (χ2n) is 5.34. The number of amides is 1. The van der Waals surface area contributed by atoms with Gasteiger partial charge >= 0.3 is 0 Å². The molecule has 0 aromatic heterocycles. The van der Waals surface area contributed by atoms with Crippen molar-refractivity contribution in [3.63, 3.8) is 0 Å². The van der Waals surface area contributed by atoms with Crippen LogP contribution in [0.2, 0.25) is 0 Å². The molecule has 1 rings (SSSR count). The number of terminal acetylenes is 1. The molecule has 3 atom stereocenters. The number of carbonyl (C=O) groups excluding carboxylic acids is 1. The zero-order valence-electron chi connectivity index (χ0n) is 12.9. The van der Waals surface area contributed by atoms with Gasteiger partial charge < -0.3 is 19.9 Å². The Labute approximate surface area is 126 Å². The second-order valence-corrected chi connectivity index (χ2v) is 5.34. The number of aliphatic hydroxyl groups excluding tert-OH is 1. The van der Waals surface area contributed by atoms with E-state index in [0.29, 0.717) is 26.1 Å². The molecule has 0 radical (unpaired) electrons. The van der Waals surface area contributed by atoms with E-state index in [2.05, 4.69) is 11.2 Å². The lowest BCUT2D eigenvalue weighted by molar-refractivity contribution is -0.158. The maximum atomic E-state index is 12.0. The molecule has 0 bridgehead atoms. The number of hydrogen-bond acceptors (Lipinski definition) is 5. The molecule has 1 saturated heterocycles. The van der Waals surface area contributed by atoms with Crippen LogP contribution < -0.4 is 5.32 Å². The van der Waals surface area contributed by atoms with Crippen LogP contribution in [0.1, 0.15) is 19.3 Å². The monoisotopic (exact) mass is 298 g/mol. The SMILES string of the molecule is C#CCN(C)CC[C@@H]1CC[C@H](O)[C@@H](C(=O)NCCOC)O1. The minimum absolute atomic E-state index is 0.0215. The quantitative estimate of drug-likeness (QED) is 0.472. The summed E-state index contributed by atoms with van der Waals surface area (Å²) in [5.41, 5.74) is 0. The fourth-order valence-corrected chi connectivity index (χ4v) is 2.30. The molecule has 1 fully saturated rings. The average Bonchev–Trinajstić information content (AvgIpc) is 2.47. The van der Waals surface area contributed by atoms with Gasteiger partial charge in [0.25, 0.3) is 5.91 Å². The summed E-state index contributed by atoms with van der Waals surface area (Å²) in [5.74, 6) is 2.31. The highest BCUT2D eigenvalue weighted by Crippen LogP contribution is 2.22. The summed E-state index contributed by atoms with van der Waals surface area (Å²) in [4.78, 5) is 14.0. The lowest BCUT2D eigenvalue weighted by atomic mass is 9.98. The number of carbonyl (C=O) groups is 1. The summed E-state index contributed by atoms with van der Waals surface area (Å²) in [5, 5.41) is 12.6. The summed E-state index contributed by atoms with van der Waals surface area (Å²) >= 11 is 0. The molecule has 6 nitrogen and oxygen atoms in total. The zero-order valence-corrected chi connectivity index (χ0v) is 12.9. The number of aliphatic hydroxyl groups is 1. The van der Waals surface area contributed by atoms with E-state index in [1.54, 1.807) is 7.11 Å². The fourth-order valence-electron chi connectivity index (χ4n) is 2.30. The van der Waals surface area contributed by atoms with E-state index in [4.69, 9.17) is 15.9 Å². The molecule has 0 unspecified atom stereocenters. The standard InChI is InChI=1S/C15H26N2O4/c1-4-9-17(2)10-7-12-5-6-13(18)14(21-12)15(19)16-8-11-20-3/h1,12-14,18H,5-11H2,2-3H3,(H,16,19)/t12-,13-,14-/m0/s1. The molecule has 6 heteroatoms. The average molecular weight is 298 g/mol. The van der Waals surface area contributed by atoms with Crippen molar-refractivity contribution >= 4 is 5.91 Å². The van der Waals surface area contributed by atoms with Crippen molar-refractivity contribution in [3.8, 4) is 12.3 Å². The molecule has 21 heavy (non-hydrogen) atoms. The summed E-state index contributed by atoms with van der Waals surface area (Å²) < 4.78 is 10.6. The van der Waals surface area contributed by atoms with E-state index in [0.717, 1.165) is 19.4 Å². The number of rotatable bonds is 8. The Morgan fingerprint density at radius 1 is 1.57 bits per heavy atom. The summed E-state index contributed by atoms with van der Waals surface area (Å²) in [6, 6.07) is 0. The van der Waals surface area contributed by atoms with E-state index < -0.39 is 12.2 Å². The number of nitrogens with zero attached hydrogens (tertiary/aromatic N) is 1. The molecule has 0 saturated carbocycles. The van der Waals surface area contributed by atoms with Crippen LogP contribution in [-0.2, 0) is 14.3 Å². The van der Waals surface area contributed by atoms with E-state index in [1.165, 1.54) is 0 Å². The smallest absolute Gasteiger partial charge is 0.251 e. The summed E-state index contributed by atoms with van der Waals surface area (Å²) in [6.45, 7) is 2.26. The van der Waals surface area contributed by atoms with Crippen LogP contribution in [0.3, 0.4) is 0 Å². The number of hydrogen-bond donors (Lipinski definition) is 2. The van der Waals surface area contributed by atoms with Crippen LogP contribution in [0.15, 0.2) is 0 Å². The third-order valence-corrected chi connectivity index (χ3v) is 3.53. The minimum atomic E-state index is -0.793. The highest BCUT2D eigenvalue weighted by atomic mass is 16.5. The molecule has 1 aliphatic rings. The molecular formula is C15H26N2O4. The van der Waals surface area contributed by atoms with Gasteiger partial charge in [-0.3, -0.25) is 9.69 Å². The first-order valence-electron chi connectivity index (χ1n) is 7.30. The first-order valence-corrected chi connectivity index (χ1v) is 7.30. The lowest BCUT2D eigenvalue weighted by Crippen LogP contribution is -2.49. The van der Waals surface area contributed by atoms with Gasteiger partial charge in [-0.1, -0.05) is 5.92 Å². The van der Waals surface area contributed by atoms with E-state index in [-0.39, 0.29) is 12.0 Å². The van der Waals surface area contributed by atoms with Crippen molar-refractivity contribution in [3.05, 3.63) is 0 Å². The van der Waals surface area contributed by atoms with Gasteiger partial charge in [0.15, 0.2) is 6.10 Å². The highest BCUT2D eigenvalue weighted by Gasteiger charge is 2.34. The largest absolute Gasteiger partial charge is 0.390 e. The van der Waals surface area contributed by atoms with Gasteiger partial charge in [-0.25, -0.2) is 0 Å². The molecule has 0 aromatic carbocycles. The first kappa shape index (κ1) is 17.9. The van der Waals surface area contributed by atoms with Crippen LogP contribution in [0, 0.1) is 12.3 Å². The lowest BCUT2D eigenvalue weighted by Gasteiger charge is -2.33. The molecule has 1 aliphatic heterocycles. The van der Waals surface area contributed by atoms with Gasteiger partial charge in [0, 0.05) is 20.2 Å². The van der Waals surface area contributed by atoms with Crippen molar-refractivity contribution in [2.45, 2.75) is 37.6 Å². The normalized spacial score (nSPS) is 25.6. The first-order chi connectivity index (χ1) is 10.1. The van der Waals surface area contributed by atoms with Gasteiger partial charge in [-0.05, 0) is 26.3 Å². The highest BCUT2D eigenvalue weighted by molar-refractivity contribution is 5.81. The van der Waals surface area contributed by atoms with Gasteiger partial charge in [0.2, 0.25) is 0 Å². The van der Waals surface area contributed by atoms with Crippen LogP contribution in [0.25, 0.3) is 0 Å². The third kappa shape index (κ3) is 6.44. The summed E-state index contributed by atoms with van der Waals surface area (Å²) in [7, 11) is 3.52. The van der Waals surface area contributed by atoms with E-state index >= 15 is 0 Å². The Morgan fingerprint density at radius 2 is 2.33 bits per heavy atom. The maximum Gasteiger partial charge on any atom is 0.251 e. The summed E-state index contributed by atoms with van der Waals surface area (Å²) in [6.07, 6.45) is 5.83. The molecule has 1 heterocycles. The predicted octanol–water partition coefficient (Wildman–Crippen LogP) is -0.387. The Bertz CT molecular complexity index is 356. The van der Waals surface area contributed by atoms with Crippen molar-refractivity contribution in [2.24, 2.45) is 0 Å². The van der Waals surface area contributed by atoms with Crippen molar-refractivity contribution in [2.75, 3.05) is 40.4 Å². The van der Waals surface area contributed by atoms with Gasteiger partial charge in [-0.2, -0.15) is 0 Å². The van der Waals surface area contributed by atoms with E-state index in [1.807, 2.05) is 11.9 Å². The molecule has 120 valence electrons. The van der Waals surface area contributed by atoms with Crippen LogP contribution in [0.4, 0.5) is 0 Å². The molecule has 0 aromatic rings. The van der Waals surface area contributed by atoms with Crippen molar-refractivity contribution in [1.82, 2.24) is 10.2 Å². The van der Waals surface area contributed by atoms with Crippen LogP contribution in [-0.4, -0.2) is 74.6 Å². The molecule has 1 amide bonds. The molecule has 0 aliphatic carbocycles. The Balaban J connectivity index is 2.39. The second kappa shape index (κ2) is 9.74. The van der Waals surface area contributed by atoms with Crippen LogP contribution >= 0.6 is 0 Å². The van der Waals surface area contributed by atoms with Gasteiger partial charge in [-0.15, -0.1) is 6.42 Å². The number of nitrogens with one attached hydrogen (secondary N) is 1. The predicted molar refractivity (Wildman–Crippen MR) is 79.7 cm³/mol. The number of methoxy groups -OCH3 is 1.